The molecule has 1 aliphatic rings. The average molecular weight is 308 g/mol. The Bertz CT molecular complexity index is 517. The number of amides is 1. The van der Waals surface area contributed by atoms with Crippen molar-refractivity contribution in [3.8, 4) is 5.88 Å². The third-order valence-corrected chi connectivity index (χ3v) is 3.86. The highest BCUT2D eigenvalue weighted by molar-refractivity contribution is 6.62. The molecule has 22 heavy (non-hydrogen) atoms. The third-order valence-electron chi connectivity index (χ3n) is 3.86. The van der Waals surface area contributed by atoms with E-state index in [4.69, 9.17) is 19.8 Å². The monoisotopic (exact) mass is 308 g/mol. The van der Waals surface area contributed by atoms with Crippen LogP contribution in [0.2, 0.25) is 0 Å². The van der Waals surface area contributed by atoms with E-state index >= 15 is 0 Å². The van der Waals surface area contributed by atoms with Crippen LogP contribution in [0.1, 0.15) is 27.7 Å². The van der Waals surface area contributed by atoms with E-state index in [-0.39, 0.29) is 24.4 Å². The van der Waals surface area contributed by atoms with Crippen molar-refractivity contribution in [2.75, 3.05) is 13.2 Å². The van der Waals surface area contributed by atoms with Gasteiger partial charge in [0.15, 0.2) is 0 Å². The molecule has 0 spiro atoms. The summed E-state index contributed by atoms with van der Waals surface area (Å²) in [5.74, 6) is 0.424. The molecule has 0 aliphatic carbocycles. The van der Waals surface area contributed by atoms with Gasteiger partial charge in [0.25, 0.3) is 0 Å². The molecule has 1 aromatic heterocycles. The summed E-state index contributed by atoms with van der Waals surface area (Å²) in [5, 5.41) is 0. The van der Waals surface area contributed by atoms with Gasteiger partial charge in [-0.2, -0.15) is 0 Å². The first-order valence-corrected chi connectivity index (χ1v) is 7.08. The molecule has 7 nitrogen and oxygen atoms in total. The molecular weight excluding hydrogens is 287 g/mol. The summed E-state index contributed by atoms with van der Waals surface area (Å²) in [6.07, 6.45) is 0.819. The van der Waals surface area contributed by atoms with Gasteiger partial charge in [0.1, 0.15) is 13.2 Å². The van der Waals surface area contributed by atoms with Gasteiger partial charge >= 0.3 is 13.2 Å². The number of carbonyl (C=O) groups excluding carboxylic acids is 1. The molecule has 0 bridgehead atoms. The molecule has 2 rings (SSSR count). The average Bonchev–Trinajstić information content (AvgIpc) is 2.64. The van der Waals surface area contributed by atoms with Crippen LogP contribution in [0.5, 0.6) is 5.88 Å². The summed E-state index contributed by atoms with van der Waals surface area (Å²) >= 11 is 0. The van der Waals surface area contributed by atoms with Gasteiger partial charge < -0.3 is 24.5 Å². The van der Waals surface area contributed by atoms with E-state index in [1.54, 1.807) is 12.3 Å². The molecule has 0 unspecified atom stereocenters. The molecule has 1 amide bonds. The van der Waals surface area contributed by atoms with Crippen LogP contribution in [0.15, 0.2) is 18.3 Å². The van der Waals surface area contributed by atoms with E-state index < -0.39 is 13.2 Å². The summed E-state index contributed by atoms with van der Waals surface area (Å²) in [7, 11) is -0.454. The van der Waals surface area contributed by atoms with Gasteiger partial charge in [-0.1, -0.05) is 6.07 Å². The number of hydrogen-bond donors (Lipinski definition) is 1. The van der Waals surface area contributed by atoms with E-state index in [1.807, 2.05) is 33.8 Å². The van der Waals surface area contributed by atoms with Crippen LogP contribution >= 0.6 is 0 Å². The van der Waals surface area contributed by atoms with Crippen LogP contribution in [0.4, 0.5) is 4.79 Å². The first-order chi connectivity index (χ1) is 10.2. The minimum Gasteiger partial charge on any atom is -0.474 e. The van der Waals surface area contributed by atoms with Crippen LogP contribution in [-0.2, 0) is 14.0 Å². The minimum absolute atomic E-state index is 0.0794. The SMILES string of the molecule is CC1(C)OB(c2ccc(OCCOC(N)=O)nc2)OC1(C)C. The lowest BCUT2D eigenvalue weighted by Gasteiger charge is -2.32. The summed E-state index contributed by atoms with van der Waals surface area (Å²) < 4.78 is 21.8. The Morgan fingerprint density at radius 3 is 2.36 bits per heavy atom. The molecule has 1 aromatic rings. The zero-order chi connectivity index (χ0) is 16.4. The molecule has 1 aliphatic heterocycles. The lowest BCUT2D eigenvalue weighted by molar-refractivity contribution is 0.00578. The minimum atomic E-state index is -0.826. The second kappa shape index (κ2) is 6.14. The molecule has 0 aromatic carbocycles. The number of pyridine rings is 1. The standard InChI is InChI=1S/C14H21BN2O5/c1-13(2)14(3,4)22-15(21-13)10-5-6-11(17-9-10)19-7-8-20-12(16)18/h5-6,9H,7-8H2,1-4H3,(H2,16,18). The Kier molecular flexibility index (Phi) is 4.62. The van der Waals surface area contributed by atoms with E-state index in [9.17, 15) is 4.79 Å². The van der Waals surface area contributed by atoms with Crippen LogP contribution in [0, 0.1) is 0 Å². The van der Waals surface area contributed by atoms with Gasteiger partial charge in [-0.3, -0.25) is 0 Å². The van der Waals surface area contributed by atoms with Crippen molar-refractivity contribution in [1.29, 1.82) is 0 Å². The fourth-order valence-corrected chi connectivity index (χ4v) is 1.88. The van der Waals surface area contributed by atoms with E-state index in [0.29, 0.717) is 5.88 Å². The van der Waals surface area contributed by atoms with E-state index in [0.717, 1.165) is 5.46 Å². The van der Waals surface area contributed by atoms with Crippen LogP contribution in [0.25, 0.3) is 0 Å². The van der Waals surface area contributed by atoms with Crippen molar-refractivity contribution < 1.29 is 23.6 Å². The van der Waals surface area contributed by atoms with Gasteiger partial charge in [-0.25, -0.2) is 9.78 Å². The lowest BCUT2D eigenvalue weighted by Crippen LogP contribution is -2.41. The maximum absolute atomic E-state index is 10.4. The second-order valence-corrected chi connectivity index (χ2v) is 6.03. The Balaban J connectivity index is 1.91. The Morgan fingerprint density at radius 1 is 1.23 bits per heavy atom. The third kappa shape index (κ3) is 3.69. The quantitative estimate of drug-likeness (QED) is 0.640. The molecular formula is C14H21BN2O5. The highest BCUT2D eigenvalue weighted by Gasteiger charge is 2.51. The Hall–Kier alpha value is -1.80. The Labute approximate surface area is 130 Å². The summed E-state index contributed by atoms with van der Waals surface area (Å²) in [6, 6.07) is 3.55. The van der Waals surface area contributed by atoms with Crippen molar-refractivity contribution >= 4 is 18.7 Å². The van der Waals surface area contributed by atoms with Crippen molar-refractivity contribution in [1.82, 2.24) is 4.98 Å². The second-order valence-electron chi connectivity index (χ2n) is 6.03. The maximum atomic E-state index is 10.4. The zero-order valence-corrected chi connectivity index (χ0v) is 13.3. The summed E-state index contributed by atoms with van der Waals surface area (Å²) in [6.45, 7) is 8.25. The molecule has 0 saturated carbocycles. The van der Waals surface area contributed by atoms with Crippen molar-refractivity contribution in [3.63, 3.8) is 0 Å². The molecule has 8 heteroatoms. The molecule has 2 heterocycles. The largest absolute Gasteiger partial charge is 0.496 e. The van der Waals surface area contributed by atoms with E-state index in [2.05, 4.69) is 9.72 Å². The number of ether oxygens (including phenoxy) is 2. The Morgan fingerprint density at radius 2 is 1.86 bits per heavy atom. The molecule has 1 fully saturated rings. The summed E-state index contributed by atoms with van der Waals surface area (Å²) in [4.78, 5) is 14.6. The fourth-order valence-electron chi connectivity index (χ4n) is 1.88. The summed E-state index contributed by atoms with van der Waals surface area (Å²) in [5.41, 5.74) is 4.88. The maximum Gasteiger partial charge on any atom is 0.496 e. The number of nitrogens with zero attached hydrogens (tertiary/aromatic N) is 1. The predicted octanol–water partition coefficient (Wildman–Crippen LogP) is 0.855. The zero-order valence-electron chi connectivity index (χ0n) is 13.3. The van der Waals surface area contributed by atoms with Crippen molar-refractivity contribution in [2.45, 2.75) is 38.9 Å². The van der Waals surface area contributed by atoms with Gasteiger partial charge in [0.2, 0.25) is 5.88 Å². The van der Waals surface area contributed by atoms with E-state index in [1.165, 1.54) is 0 Å². The van der Waals surface area contributed by atoms with Crippen molar-refractivity contribution in [2.24, 2.45) is 5.73 Å². The number of carbonyl (C=O) groups is 1. The molecule has 0 radical (unpaired) electrons. The first kappa shape index (κ1) is 16.6. The van der Waals surface area contributed by atoms with Gasteiger partial charge in [-0.15, -0.1) is 0 Å². The van der Waals surface area contributed by atoms with Crippen LogP contribution in [0.3, 0.4) is 0 Å². The molecule has 0 atom stereocenters. The first-order valence-electron chi connectivity index (χ1n) is 7.08. The predicted molar refractivity (Wildman–Crippen MR) is 81.0 cm³/mol. The number of rotatable bonds is 5. The highest BCUT2D eigenvalue weighted by atomic mass is 16.7. The lowest BCUT2D eigenvalue weighted by atomic mass is 9.80. The van der Waals surface area contributed by atoms with Crippen LogP contribution < -0.4 is 15.9 Å². The van der Waals surface area contributed by atoms with Gasteiger partial charge in [0, 0.05) is 11.7 Å². The number of nitrogens with two attached hydrogens (primary N) is 1. The number of hydrogen-bond acceptors (Lipinski definition) is 6. The topological polar surface area (TPSA) is 92.9 Å². The van der Waals surface area contributed by atoms with Crippen LogP contribution in [-0.4, -0.2) is 42.6 Å². The molecule has 2 N–H and O–H groups in total. The fraction of sp³-hybridized carbons (Fsp3) is 0.571. The number of aromatic nitrogens is 1. The van der Waals surface area contributed by atoms with Gasteiger partial charge in [0.05, 0.1) is 11.2 Å². The molecule has 120 valence electrons. The highest BCUT2D eigenvalue weighted by Crippen LogP contribution is 2.36. The van der Waals surface area contributed by atoms with Crippen molar-refractivity contribution in [3.05, 3.63) is 18.3 Å². The number of primary amides is 1. The van der Waals surface area contributed by atoms with Gasteiger partial charge in [-0.05, 0) is 33.8 Å². The molecule has 1 saturated heterocycles. The normalized spacial score (nSPS) is 19.0. The smallest absolute Gasteiger partial charge is 0.474 e.